The molecule has 106 valence electrons. The van der Waals surface area contributed by atoms with E-state index in [-0.39, 0.29) is 17.5 Å². The summed E-state index contributed by atoms with van der Waals surface area (Å²) in [4.78, 5) is 23.4. The third-order valence-electron chi connectivity index (χ3n) is 2.39. The molecule has 0 aliphatic carbocycles. The Bertz CT molecular complexity index is 611. The second kappa shape index (κ2) is 5.95. The Morgan fingerprint density at radius 2 is 2.25 bits per heavy atom. The fourth-order valence-electron chi connectivity index (χ4n) is 1.41. The van der Waals surface area contributed by atoms with Gasteiger partial charge in [-0.1, -0.05) is 6.92 Å². The van der Waals surface area contributed by atoms with Crippen molar-refractivity contribution in [3.63, 3.8) is 0 Å². The zero-order valence-electron chi connectivity index (χ0n) is 11.2. The van der Waals surface area contributed by atoms with E-state index in [1.54, 1.807) is 0 Å². The van der Waals surface area contributed by atoms with E-state index in [4.69, 9.17) is 10.5 Å². The molecule has 0 saturated carbocycles. The number of hydrogen-bond acceptors (Lipinski definition) is 7. The lowest BCUT2D eigenvalue weighted by Gasteiger charge is -2.06. The van der Waals surface area contributed by atoms with Crippen LogP contribution in [0.25, 0.3) is 5.95 Å². The average molecular weight is 277 g/mol. The summed E-state index contributed by atoms with van der Waals surface area (Å²) in [6.45, 7) is 2.75. The van der Waals surface area contributed by atoms with E-state index in [0.717, 1.165) is 13.0 Å². The molecule has 0 fully saturated rings. The minimum absolute atomic E-state index is 0.157. The molecule has 2 aromatic rings. The van der Waals surface area contributed by atoms with E-state index < -0.39 is 5.91 Å². The average Bonchev–Trinajstić information content (AvgIpc) is 2.94. The van der Waals surface area contributed by atoms with Crippen molar-refractivity contribution in [1.82, 2.24) is 24.7 Å². The molecule has 2 heterocycles. The first-order valence-electron chi connectivity index (χ1n) is 6.02. The molecule has 0 unspecified atom stereocenters. The number of carbonyl (C=O) groups is 1. The largest absolute Gasteiger partial charge is 0.467 e. The maximum atomic E-state index is 11.1. The lowest BCUT2D eigenvalue weighted by atomic mass is 10.4. The highest BCUT2D eigenvalue weighted by Crippen LogP contribution is 2.11. The Balaban J connectivity index is 2.35. The highest BCUT2D eigenvalue weighted by Gasteiger charge is 2.11. The smallest absolute Gasteiger partial charge is 0.322 e. The van der Waals surface area contributed by atoms with Gasteiger partial charge in [-0.15, -0.1) is 0 Å². The van der Waals surface area contributed by atoms with Crippen LogP contribution in [0.4, 0.5) is 5.95 Å². The molecule has 0 spiro atoms. The van der Waals surface area contributed by atoms with E-state index in [1.165, 1.54) is 24.2 Å². The van der Waals surface area contributed by atoms with Gasteiger partial charge in [0, 0.05) is 12.7 Å². The van der Waals surface area contributed by atoms with Crippen LogP contribution in [0.5, 0.6) is 6.01 Å². The first-order chi connectivity index (χ1) is 9.63. The number of nitrogens with one attached hydrogen (secondary N) is 1. The van der Waals surface area contributed by atoms with Crippen LogP contribution in [0, 0.1) is 0 Å². The van der Waals surface area contributed by atoms with Gasteiger partial charge in [0.2, 0.25) is 5.95 Å². The van der Waals surface area contributed by atoms with Crippen LogP contribution in [-0.4, -0.2) is 44.3 Å². The number of primary amides is 1. The van der Waals surface area contributed by atoms with E-state index in [9.17, 15) is 4.79 Å². The number of methoxy groups -OCH3 is 1. The second-order valence-corrected chi connectivity index (χ2v) is 3.91. The van der Waals surface area contributed by atoms with Gasteiger partial charge in [0.25, 0.3) is 11.9 Å². The number of rotatable bonds is 6. The Kier molecular flexibility index (Phi) is 4.08. The SMILES string of the molecule is CCCNc1nc(OC)nc(-n2cc(C(N)=O)cn2)n1. The van der Waals surface area contributed by atoms with Gasteiger partial charge in [-0.3, -0.25) is 4.79 Å². The molecule has 0 bridgehead atoms. The van der Waals surface area contributed by atoms with E-state index >= 15 is 0 Å². The van der Waals surface area contributed by atoms with Gasteiger partial charge in [0.05, 0.1) is 18.9 Å². The summed E-state index contributed by atoms with van der Waals surface area (Å²) in [5.41, 5.74) is 5.45. The van der Waals surface area contributed by atoms with Gasteiger partial charge in [-0.05, 0) is 6.42 Å². The lowest BCUT2D eigenvalue weighted by Crippen LogP contribution is -2.11. The monoisotopic (exact) mass is 277 g/mol. The zero-order chi connectivity index (χ0) is 14.5. The fourth-order valence-corrected chi connectivity index (χ4v) is 1.41. The number of amides is 1. The van der Waals surface area contributed by atoms with Crippen molar-refractivity contribution >= 4 is 11.9 Å². The summed E-state index contributed by atoms with van der Waals surface area (Å²) in [5.74, 6) is 0.0504. The number of nitrogens with two attached hydrogens (primary N) is 1. The summed E-state index contributed by atoms with van der Waals surface area (Å²) in [7, 11) is 1.46. The summed E-state index contributed by atoms with van der Waals surface area (Å²) < 4.78 is 6.35. The van der Waals surface area contributed by atoms with Crippen LogP contribution in [0.15, 0.2) is 12.4 Å². The standard InChI is InChI=1S/C11H15N7O2/c1-3-4-13-9-15-10(17-11(16-9)20-2)18-6-7(5-14-18)8(12)19/h5-6H,3-4H2,1-2H3,(H2,12,19)(H,13,15,16,17). The van der Waals surface area contributed by atoms with Gasteiger partial charge < -0.3 is 15.8 Å². The Morgan fingerprint density at radius 3 is 2.85 bits per heavy atom. The maximum absolute atomic E-state index is 11.1. The number of ether oxygens (including phenoxy) is 1. The molecular formula is C11H15N7O2. The highest BCUT2D eigenvalue weighted by atomic mass is 16.5. The summed E-state index contributed by atoms with van der Waals surface area (Å²) >= 11 is 0. The van der Waals surface area contributed by atoms with Crippen molar-refractivity contribution in [2.24, 2.45) is 5.73 Å². The number of carbonyl (C=O) groups excluding carboxylic acids is 1. The molecule has 9 heteroatoms. The van der Waals surface area contributed by atoms with Crippen LogP contribution in [0.2, 0.25) is 0 Å². The van der Waals surface area contributed by atoms with Crippen LogP contribution < -0.4 is 15.8 Å². The predicted octanol–water partition coefficient (Wildman–Crippen LogP) is -0.0133. The predicted molar refractivity (Wildman–Crippen MR) is 70.8 cm³/mol. The van der Waals surface area contributed by atoms with Gasteiger partial charge in [0.15, 0.2) is 0 Å². The molecule has 0 radical (unpaired) electrons. The van der Waals surface area contributed by atoms with E-state index in [1.807, 2.05) is 6.92 Å². The lowest BCUT2D eigenvalue weighted by molar-refractivity contribution is 0.100. The molecule has 1 amide bonds. The van der Waals surface area contributed by atoms with E-state index in [0.29, 0.717) is 5.95 Å². The van der Waals surface area contributed by atoms with Crippen molar-refractivity contribution < 1.29 is 9.53 Å². The van der Waals surface area contributed by atoms with Crippen molar-refractivity contribution in [3.8, 4) is 12.0 Å². The molecule has 0 aliphatic heterocycles. The molecule has 9 nitrogen and oxygen atoms in total. The molecule has 20 heavy (non-hydrogen) atoms. The summed E-state index contributed by atoms with van der Waals surface area (Å²) in [5, 5.41) is 7.02. The molecule has 0 atom stereocenters. The Labute approximate surface area is 115 Å². The van der Waals surface area contributed by atoms with Gasteiger partial charge in [0.1, 0.15) is 0 Å². The van der Waals surface area contributed by atoms with E-state index in [2.05, 4.69) is 25.4 Å². The molecule has 2 aromatic heterocycles. The van der Waals surface area contributed by atoms with Crippen LogP contribution in [-0.2, 0) is 0 Å². The molecule has 3 N–H and O–H groups in total. The van der Waals surface area contributed by atoms with Crippen molar-refractivity contribution in [2.45, 2.75) is 13.3 Å². The Morgan fingerprint density at radius 1 is 1.45 bits per heavy atom. The number of anilines is 1. The summed E-state index contributed by atoms with van der Waals surface area (Å²) in [6.07, 6.45) is 3.72. The van der Waals surface area contributed by atoms with Crippen LogP contribution in [0.3, 0.4) is 0 Å². The van der Waals surface area contributed by atoms with Crippen molar-refractivity contribution in [2.75, 3.05) is 19.0 Å². The van der Waals surface area contributed by atoms with Gasteiger partial charge in [-0.25, -0.2) is 4.68 Å². The second-order valence-electron chi connectivity index (χ2n) is 3.91. The normalized spacial score (nSPS) is 10.3. The maximum Gasteiger partial charge on any atom is 0.322 e. The molecule has 0 aromatic carbocycles. The fraction of sp³-hybridized carbons (Fsp3) is 0.364. The van der Waals surface area contributed by atoms with Gasteiger partial charge in [-0.2, -0.15) is 20.1 Å². The zero-order valence-corrected chi connectivity index (χ0v) is 11.2. The third-order valence-corrected chi connectivity index (χ3v) is 2.39. The first kappa shape index (κ1) is 13.7. The van der Waals surface area contributed by atoms with Gasteiger partial charge >= 0.3 is 6.01 Å². The minimum Gasteiger partial charge on any atom is -0.467 e. The van der Waals surface area contributed by atoms with Crippen LogP contribution >= 0.6 is 0 Å². The van der Waals surface area contributed by atoms with Crippen LogP contribution in [0.1, 0.15) is 23.7 Å². The number of aromatic nitrogens is 5. The molecular weight excluding hydrogens is 262 g/mol. The molecule has 0 saturated heterocycles. The van der Waals surface area contributed by atoms with Crippen molar-refractivity contribution in [3.05, 3.63) is 18.0 Å². The number of hydrogen-bond donors (Lipinski definition) is 2. The highest BCUT2D eigenvalue weighted by molar-refractivity contribution is 5.92. The first-order valence-corrected chi connectivity index (χ1v) is 6.02. The Hall–Kier alpha value is -2.71. The summed E-state index contributed by atoms with van der Waals surface area (Å²) in [6, 6.07) is 0.157. The number of nitrogens with zero attached hydrogens (tertiary/aromatic N) is 5. The topological polar surface area (TPSA) is 121 Å². The molecule has 2 rings (SSSR count). The van der Waals surface area contributed by atoms with Crippen molar-refractivity contribution in [1.29, 1.82) is 0 Å². The minimum atomic E-state index is -0.568. The molecule has 0 aliphatic rings. The quantitative estimate of drug-likeness (QED) is 0.761. The third kappa shape index (κ3) is 2.99.